The zero-order chi connectivity index (χ0) is 14.1. The Labute approximate surface area is 117 Å². The van der Waals surface area contributed by atoms with E-state index in [4.69, 9.17) is 4.74 Å². The molecule has 1 heterocycles. The van der Waals surface area contributed by atoms with Gasteiger partial charge in [-0.3, -0.25) is 0 Å². The van der Waals surface area contributed by atoms with Crippen LogP contribution in [0.15, 0.2) is 0 Å². The molecule has 0 aromatic heterocycles. The Morgan fingerprint density at radius 2 is 2.11 bits per heavy atom. The quantitative estimate of drug-likeness (QED) is 0.646. The van der Waals surface area contributed by atoms with Crippen LogP contribution >= 0.6 is 0 Å². The van der Waals surface area contributed by atoms with Crippen LogP contribution in [0.5, 0.6) is 0 Å². The number of methoxy groups -OCH3 is 1. The van der Waals surface area contributed by atoms with Gasteiger partial charge in [0, 0.05) is 26.7 Å². The van der Waals surface area contributed by atoms with Crippen molar-refractivity contribution >= 4 is 10.0 Å². The van der Waals surface area contributed by atoms with Gasteiger partial charge in [0.05, 0.1) is 12.9 Å². The molecular weight excluding hydrogens is 264 g/mol. The van der Waals surface area contributed by atoms with Crippen LogP contribution in [0.3, 0.4) is 0 Å². The van der Waals surface area contributed by atoms with E-state index in [0.29, 0.717) is 12.5 Å². The van der Waals surface area contributed by atoms with E-state index >= 15 is 0 Å². The second-order valence-corrected chi connectivity index (χ2v) is 7.35. The van der Waals surface area contributed by atoms with Crippen molar-refractivity contribution in [2.24, 2.45) is 5.92 Å². The van der Waals surface area contributed by atoms with Crippen LogP contribution in [-0.2, 0) is 14.8 Å². The van der Waals surface area contributed by atoms with E-state index in [1.54, 1.807) is 11.4 Å². The molecular formula is C13H28N2O3S. The summed E-state index contributed by atoms with van der Waals surface area (Å²) in [6.07, 6.45) is 6.95. The monoisotopic (exact) mass is 292 g/mol. The van der Waals surface area contributed by atoms with E-state index in [0.717, 1.165) is 45.5 Å². The molecule has 1 rings (SSSR count). The molecule has 5 nitrogen and oxygen atoms in total. The predicted octanol–water partition coefficient (Wildman–Crippen LogP) is 1.06. The van der Waals surface area contributed by atoms with E-state index in [-0.39, 0.29) is 0 Å². The Balaban J connectivity index is 2.09. The molecule has 1 fully saturated rings. The van der Waals surface area contributed by atoms with Crippen molar-refractivity contribution in [3.8, 4) is 0 Å². The number of nitrogens with zero attached hydrogens (tertiary/aromatic N) is 1. The Hall–Kier alpha value is -0.170. The molecule has 1 aliphatic heterocycles. The third-order valence-electron chi connectivity index (χ3n) is 3.65. The van der Waals surface area contributed by atoms with Crippen LogP contribution < -0.4 is 5.32 Å². The summed E-state index contributed by atoms with van der Waals surface area (Å²) in [5.41, 5.74) is 0. The number of sulfonamides is 1. The fourth-order valence-electron chi connectivity index (χ4n) is 2.55. The fraction of sp³-hybridized carbons (Fsp3) is 1.00. The molecule has 0 aromatic rings. The molecule has 0 bridgehead atoms. The van der Waals surface area contributed by atoms with E-state index in [1.165, 1.54) is 19.1 Å². The highest BCUT2D eigenvalue weighted by Gasteiger charge is 2.25. The van der Waals surface area contributed by atoms with Crippen LogP contribution in [0, 0.1) is 5.92 Å². The van der Waals surface area contributed by atoms with Gasteiger partial charge >= 0.3 is 0 Å². The molecule has 0 aromatic carbocycles. The second kappa shape index (κ2) is 8.89. The van der Waals surface area contributed by atoms with E-state index < -0.39 is 10.0 Å². The van der Waals surface area contributed by atoms with Crippen molar-refractivity contribution in [2.75, 3.05) is 46.2 Å². The summed E-state index contributed by atoms with van der Waals surface area (Å²) >= 11 is 0. The summed E-state index contributed by atoms with van der Waals surface area (Å²) in [4.78, 5) is 0. The first kappa shape index (κ1) is 16.9. The van der Waals surface area contributed by atoms with Gasteiger partial charge < -0.3 is 10.1 Å². The molecule has 1 unspecified atom stereocenters. The maximum Gasteiger partial charge on any atom is 0.211 e. The molecule has 0 radical (unpaired) electrons. The first-order valence-corrected chi connectivity index (χ1v) is 9.03. The van der Waals surface area contributed by atoms with Crippen LogP contribution in [0.2, 0.25) is 0 Å². The van der Waals surface area contributed by atoms with Crippen molar-refractivity contribution in [3.05, 3.63) is 0 Å². The number of unbranched alkanes of at least 4 members (excludes halogenated alkanes) is 1. The summed E-state index contributed by atoms with van der Waals surface area (Å²) in [6.45, 7) is 4.10. The van der Waals surface area contributed by atoms with E-state index in [1.807, 2.05) is 0 Å². The third kappa shape index (κ3) is 7.25. The minimum atomic E-state index is -3.00. The van der Waals surface area contributed by atoms with Gasteiger partial charge in [0.1, 0.15) is 0 Å². The van der Waals surface area contributed by atoms with Crippen LogP contribution in [0.4, 0.5) is 0 Å². The Morgan fingerprint density at radius 3 is 2.79 bits per heavy atom. The minimum Gasteiger partial charge on any atom is -0.383 e. The third-order valence-corrected chi connectivity index (χ3v) is 4.92. The van der Waals surface area contributed by atoms with Crippen LogP contribution in [0.25, 0.3) is 0 Å². The van der Waals surface area contributed by atoms with Crippen LogP contribution in [-0.4, -0.2) is 58.9 Å². The second-order valence-electron chi connectivity index (χ2n) is 5.37. The van der Waals surface area contributed by atoms with Gasteiger partial charge in [0.25, 0.3) is 0 Å². The minimum absolute atomic E-state index is 0.544. The lowest BCUT2D eigenvalue weighted by molar-refractivity contribution is 0.199. The van der Waals surface area contributed by atoms with Crippen molar-refractivity contribution in [1.82, 2.24) is 9.62 Å². The predicted molar refractivity (Wildman–Crippen MR) is 77.7 cm³/mol. The van der Waals surface area contributed by atoms with Crippen molar-refractivity contribution in [3.63, 3.8) is 0 Å². The molecule has 19 heavy (non-hydrogen) atoms. The maximum absolute atomic E-state index is 11.5. The zero-order valence-corrected chi connectivity index (χ0v) is 13.0. The fourth-order valence-corrected chi connectivity index (χ4v) is 3.49. The van der Waals surface area contributed by atoms with E-state index in [9.17, 15) is 8.42 Å². The normalized spacial score (nSPS) is 21.7. The zero-order valence-electron chi connectivity index (χ0n) is 12.2. The Bertz CT molecular complexity index is 333. The number of rotatable bonds is 9. The van der Waals surface area contributed by atoms with Gasteiger partial charge in [-0.15, -0.1) is 0 Å². The maximum atomic E-state index is 11.5. The lowest BCUT2D eigenvalue weighted by Gasteiger charge is -2.30. The Morgan fingerprint density at radius 1 is 1.32 bits per heavy atom. The molecule has 0 spiro atoms. The molecule has 1 N–H and O–H groups in total. The highest BCUT2D eigenvalue weighted by molar-refractivity contribution is 7.88. The number of ether oxygens (including phenoxy) is 1. The van der Waals surface area contributed by atoms with Crippen molar-refractivity contribution in [2.45, 2.75) is 32.1 Å². The summed E-state index contributed by atoms with van der Waals surface area (Å²) in [7, 11) is -1.29. The molecule has 1 aliphatic rings. The van der Waals surface area contributed by atoms with Gasteiger partial charge in [-0.25, -0.2) is 12.7 Å². The largest absolute Gasteiger partial charge is 0.383 e. The lowest BCUT2D eigenvalue weighted by Crippen LogP contribution is -2.39. The number of hydrogen-bond acceptors (Lipinski definition) is 4. The van der Waals surface area contributed by atoms with Crippen molar-refractivity contribution in [1.29, 1.82) is 0 Å². The van der Waals surface area contributed by atoms with Gasteiger partial charge in [0.15, 0.2) is 0 Å². The smallest absolute Gasteiger partial charge is 0.211 e. The number of hydrogen-bond donors (Lipinski definition) is 1. The van der Waals surface area contributed by atoms with Gasteiger partial charge in [-0.05, 0) is 38.1 Å². The molecule has 0 aliphatic carbocycles. The van der Waals surface area contributed by atoms with Crippen LogP contribution in [0.1, 0.15) is 32.1 Å². The van der Waals surface area contributed by atoms with Gasteiger partial charge in [-0.1, -0.05) is 6.42 Å². The molecule has 1 saturated heterocycles. The standard InChI is InChI=1S/C13H28N2O3S/c1-18-11-9-14-8-4-3-6-13-7-5-10-15(12-13)19(2,16)17/h13-14H,3-12H2,1-2H3. The first-order chi connectivity index (χ1) is 9.04. The van der Waals surface area contributed by atoms with E-state index in [2.05, 4.69) is 5.32 Å². The molecule has 1 atom stereocenters. The summed E-state index contributed by atoms with van der Waals surface area (Å²) in [6, 6.07) is 0. The summed E-state index contributed by atoms with van der Waals surface area (Å²) in [5.74, 6) is 0.544. The summed E-state index contributed by atoms with van der Waals surface area (Å²) < 4.78 is 29.6. The highest BCUT2D eigenvalue weighted by Crippen LogP contribution is 2.22. The topological polar surface area (TPSA) is 58.6 Å². The SMILES string of the molecule is COCCNCCCCC1CCCN(S(C)(=O)=O)C1. The highest BCUT2D eigenvalue weighted by atomic mass is 32.2. The average Bonchev–Trinajstić information content (AvgIpc) is 2.37. The number of piperidine rings is 1. The lowest BCUT2D eigenvalue weighted by atomic mass is 9.94. The molecule has 6 heteroatoms. The number of nitrogens with one attached hydrogen (secondary N) is 1. The van der Waals surface area contributed by atoms with Gasteiger partial charge in [-0.2, -0.15) is 0 Å². The first-order valence-electron chi connectivity index (χ1n) is 7.19. The Kier molecular flexibility index (Phi) is 7.90. The molecule has 0 saturated carbocycles. The molecule has 0 amide bonds. The average molecular weight is 292 g/mol. The van der Waals surface area contributed by atoms with Gasteiger partial charge in [0.2, 0.25) is 10.0 Å². The molecule has 114 valence electrons. The summed E-state index contributed by atoms with van der Waals surface area (Å²) in [5, 5.41) is 3.33. The van der Waals surface area contributed by atoms with Crippen molar-refractivity contribution < 1.29 is 13.2 Å².